The summed E-state index contributed by atoms with van der Waals surface area (Å²) < 4.78 is 0. The molecule has 6 heteroatoms. The van der Waals surface area contributed by atoms with E-state index in [4.69, 9.17) is 21.6 Å². The summed E-state index contributed by atoms with van der Waals surface area (Å²) in [4.78, 5) is 0. The maximum atomic E-state index is 5.28. The largest absolute Gasteiger partial charge is 0.342 e. The first kappa shape index (κ1) is 7.27. The maximum absolute atomic E-state index is 5.28. The molecule has 0 fully saturated rings. The lowest BCUT2D eigenvalue weighted by Gasteiger charge is -2.01. The summed E-state index contributed by atoms with van der Waals surface area (Å²) in [6.07, 6.45) is 0. The molecule has 7 heavy (non-hydrogen) atoms. The van der Waals surface area contributed by atoms with E-state index in [1.165, 1.54) is 0 Å². The second-order valence-corrected chi connectivity index (χ2v) is 6.10. The van der Waals surface area contributed by atoms with E-state index in [0.29, 0.717) is 0 Å². The van der Waals surface area contributed by atoms with Crippen molar-refractivity contribution in [2.75, 3.05) is 0 Å². The van der Waals surface area contributed by atoms with Crippen molar-refractivity contribution in [1.82, 2.24) is 0 Å². The summed E-state index contributed by atoms with van der Waals surface area (Å²) in [5, 5.41) is 21.1. The Labute approximate surface area is 46.4 Å². The molecule has 0 atom stereocenters. The lowest BCUT2D eigenvalue weighted by atomic mass is 11.9. The molecule has 0 spiro atoms. The lowest BCUT2D eigenvalue weighted by Crippen LogP contribution is -2.48. The van der Waals surface area contributed by atoms with Gasteiger partial charge in [-0.2, -0.15) is 0 Å². The third-order valence-electron chi connectivity index (χ3n) is 0.544. The van der Waals surface area contributed by atoms with Crippen molar-refractivity contribution in [3.63, 3.8) is 0 Å². The fraction of sp³-hybridized carbons (Fsp3) is 1.00. The predicted molar refractivity (Wildman–Crippen MR) is 35.9 cm³/mol. The Kier molecular flexibility index (Phi) is 3.43. The quantitative estimate of drug-likeness (QED) is 0.300. The average molecular weight is 136 g/mol. The van der Waals surface area contributed by atoms with E-state index in [0.717, 1.165) is 5.67 Å². The third-order valence-corrected chi connectivity index (χ3v) is 4.90. The summed E-state index contributed by atoms with van der Waals surface area (Å²) in [6.45, 7) is 0. The van der Waals surface area contributed by atoms with Crippen LogP contribution in [-0.2, 0) is 0 Å². The molecule has 0 aliphatic rings. The van der Waals surface area contributed by atoms with Crippen LogP contribution in [0.1, 0.15) is 0 Å². The Bertz CT molecular complexity index is 39.0. The van der Waals surface area contributed by atoms with Crippen LogP contribution in [0, 0.1) is 0 Å². The molecule has 4 nitrogen and oxygen atoms in total. The Morgan fingerprint density at radius 2 is 1.14 bits per heavy atom. The molecule has 0 amide bonds. The van der Waals surface area contributed by atoms with Crippen LogP contribution in [0.25, 0.3) is 0 Å². The average Bonchev–Trinajstić information content (AvgIpc) is 1.27. The second kappa shape index (κ2) is 3.30. The van der Waals surface area contributed by atoms with Crippen LogP contribution >= 0.6 is 0 Å². The fourth-order valence-corrected chi connectivity index (χ4v) is 2.83. The summed E-state index contributed by atoms with van der Waals surface area (Å²) in [6, 6.07) is 0. The SMILES string of the molecule is N[SiH](N)C[SiH](N)N. The van der Waals surface area contributed by atoms with Gasteiger partial charge in [-0.15, -0.1) is 0 Å². The summed E-state index contributed by atoms with van der Waals surface area (Å²) in [5.74, 6) is 0. The van der Waals surface area contributed by atoms with Gasteiger partial charge in [-0.3, -0.25) is 0 Å². The number of hydrogen-bond donors (Lipinski definition) is 4. The normalized spacial score (nSPS) is 11.1. The summed E-state index contributed by atoms with van der Waals surface area (Å²) in [5.41, 5.74) is 0.750. The maximum Gasteiger partial charge on any atom is 0.178 e. The molecule has 0 aliphatic heterocycles. The highest BCUT2D eigenvalue weighted by atomic mass is 28.3. The third kappa shape index (κ3) is 6.27. The van der Waals surface area contributed by atoms with E-state index < -0.39 is 18.2 Å². The Morgan fingerprint density at radius 3 is 1.14 bits per heavy atom. The lowest BCUT2D eigenvalue weighted by molar-refractivity contribution is 1.49. The minimum atomic E-state index is -1.42. The molecule has 0 radical (unpaired) electrons. The van der Waals surface area contributed by atoms with Gasteiger partial charge in [0.15, 0.2) is 18.2 Å². The van der Waals surface area contributed by atoms with Crippen LogP contribution < -0.4 is 21.6 Å². The van der Waals surface area contributed by atoms with Crippen molar-refractivity contribution >= 4 is 18.2 Å². The van der Waals surface area contributed by atoms with E-state index in [2.05, 4.69) is 0 Å². The standard InChI is InChI=1S/CH12N4Si2/c2-6(3)1-7(4)5/h6-7H,1-5H2. The molecule has 0 aromatic carbocycles. The molecular weight excluding hydrogens is 124 g/mol. The minimum Gasteiger partial charge on any atom is -0.342 e. The van der Waals surface area contributed by atoms with Crippen molar-refractivity contribution in [1.29, 1.82) is 0 Å². The molecule has 8 N–H and O–H groups in total. The summed E-state index contributed by atoms with van der Waals surface area (Å²) in [7, 11) is -2.83. The number of rotatable bonds is 2. The second-order valence-electron chi connectivity index (χ2n) is 1.56. The van der Waals surface area contributed by atoms with Gasteiger partial charge < -0.3 is 21.6 Å². The van der Waals surface area contributed by atoms with Crippen LogP contribution in [0.5, 0.6) is 0 Å². The van der Waals surface area contributed by atoms with Gasteiger partial charge >= 0.3 is 0 Å². The Hall–Kier alpha value is 0.274. The smallest absolute Gasteiger partial charge is 0.178 e. The highest BCUT2D eigenvalue weighted by Gasteiger charge is 2.02. The monoisotopic (exact) mass is 136 g/mol. The molecule has 0 aromatic rings. The first-order chi connectivity index (χ1) is 3.13. The topological polar surface area (TPSA) is 104 Å². The predicted octanol–water partition coefficient (Wildman–Crippen LogP) is -3.20. The molecule has 0 aromatic heterocycles. The van der Waals surface area contributed by atoms with Crippen LogP contribution in [0.15, 0.2) is 0 Å². The van der Waals surface area contributed by atoms with Crippen molar-refractivity contribution in [3.8, 4) is 0 Å². The van der Waals surface area contributed by atoms with Gasteiger partial charge in [0.25, 0.3) is 0 Å². The van der Waals surface area contributed by atoms with Gasteiger partial charge in [0.1, 0.15) is 0 Å². The van der Waals surface area contributed by atoms with Crippen molar-refractivity contribution < 1.29 is 0 Å². The van der Waals surface area contributed by atoms with Gasteiger partial charge in [0.2, 0.25) is 0 Å². The highest BCUT2D eigenvalue weighted by molar-refractivity contribution is 6.71. The first-order valence-corrected chi connectivity index (χ1v) is 6.45. The van der Waals surface area contributed by atoms with Crippen LogP contribution in [0.2, 0.25) is 5.67 Å². The Balaban J connectivity index is 2.95. The molecule has 44 valence electrons. The number of hydrogen-bond acceptors (Lipinski definition) is 4. The van der Waals surface area contributed by atoms with Gasteiger partial charge in [-0.05, 0) is 5.67 Å². The zero-order valence-electron chi connectivity index (χ0n) is 4.17. The van der Waals surface area contributed by atoms with E-state index in [-0.39, 0.29) is 0 Å². The van der Waals surface area contributed by atoms with Crippen LogP contribution in [-0.4, -0.2) is 18.2 Å². The number of nitrogens with two attached hydrogens (primary N) is 4. The zero-order chi connectivity index (χ0) is 5.86. The molecule has 0 saturated heterocycles. The Morgan fingerprint density at radius 1 is 0.857 bits per heavy atom. The van der Waals surface area contributed by atoms with Gasteiger partial charge in [0, 0.05) is 0 Å². The molecule has 0 bridgehead atoms. The first-order valence-electron chi connectivity index (χ1n) is 2.15. The van der Waals surface area contributed by atoms with Gasteiger partial charge in [0.05, 0.1) is 0 Å². The molecule has 0 heterocycles. The summed E-state index contributed by atoms with van der Waals surface area (Å²) >= 11 is 0. The van der Waals surface area contributed by atoms with Gasteiger partial charge in [-0.25, -0.2) is 0 Å². The van der Waals surface area contributed by atoms with E-state index >= 15 is 0 Å². The van der Waals surface area contributed by atoms with Crippen molar-refractivity contribution in [2.24, 2.45) is 21.6 Å². The molecule has 0 aliphatic carbocycles. The van der Waals surface area contributed by atoms with Gasteiger partial charge in [-0.1, -0.05) is 0 Å². The van der Waals surface area contributed by atoms with Crippen LogP contribution in [0.3, 0.4) is 0 Å². The van der Waals surface area contributed by atoms with Crippen molar-refractivity contribution in [2.45, 2.75) is 5.67 Å². The molecule has 0 rings (SSSR count). The molecular formula is CH12N4Si2. The van der Waals surface area contributed by atoms with E-state index in [9.17, 15) is 0 Å². The fourth-order valence-electron chi connectivity index (χ4n) is 0.314. The van der Waals surface area contributed by atoms with Crippen molar-refractivity contribution in [3.05, 3.63) is 0 Å². The van der Waals surface area contributed by atoms with Crippen LogP contribution in [0.4, 0.5) is 0 Å². The highest BCUT2D eigenvalue weighted by Crippen LogP contribution is 1.70. The molecule has 0 saturated carbocycles. The van der Waals surface area contributed by atoms with E-state index in [1.54, 1.807) is 0 Å². The molecule has 0 unspecified atom stereocenters. The van der Waals surface area contributed by atoms with E-state index in [1.807, 2.05) is 0 Å². The minimum absolute atomic E-state index is 0.750. The zero-order valence-corrected chi connectivity index (χ0v) is 6.48.